The van der Waals surface area contributed by atoms with Gasteiger partial charge in [0.2, 0.25) is 0 Å². The molecule has 6 heteroatoms. The summed E-state index contributed by atoms with van der Waals surface area (Å²) in [5.41, 5.74) is 3.81. The van der Waals surface area contributed by atoms with Gasteiger partial charge in [-0.2, -0.15) is 11.3 Å². The minimum Gasteiger partial charge on any atom is -0.364 e. The molecular formula is C18H23IN4S. The van der Waals surface area contributed by atoms with Gasteiger partial charge in [-0.05, 0) is 40.1 Å². The molecule has 0 atom stereocenters. The molecular weight excluding hydrogens is 431 g/mol. The topological polar surface area (TPSA) is 39.7 Å². The molecule has 0 fully saturated rings. The van der Waals surface area contributed by atoms with Crippen molar-refractivity contribution < 1.29 is 0 Å². The van der Waals surface area contributed by atoms with Gasteiger partial charge in [-0.25, -0.2) is 0 Å². The summed E-state index contributed by atoms with van der Waals surface area (Å²) >= 11 is 1.71. The maximum absolute atomic E-state index is 4.28. The zero-order valence-electron chi connectivity index (χ0n) is 13.7. The first kappa shape index (κ1) is 18.8. The molecule has 1 aliphatic heterocycles. The number of anilines is 1. The number of halogens is 1. The Morgan fingerprint density at radius 2 is 1.88 bits per heavy atom. The number of hydrogen-bond acceptors (Lipinski definition) is 3. The molecule has 0 spiro atoms. The predicted octanol–water partition coefficient (Wildman–Crippen LogP) is 3.61. The minimum absolute atomic E-state index is 0. The van der Waals surface area contributed by atoms with Crippen molar-refractivity contribution in [1.82, 2.24) is 10.6 Å². The maximum Gasteiger partial charge on any atom is 0.191 e. The summed E-state index contributed by atoms with van der Waals surface area (Å²) in [6, 6.07) is 10.8. The molecule has 0 aliphatic carbocycles. The Kier molecular flexibility index (Phi) is 7.58. The molecule has 0 saturated carbocycles. The summed E-state index contributed by atoms with van der Waals surface area (Å²) in [5.74, 6) is 0.824. The van der Waals surface area contributed by atoms with Gasteiger partial charge in [-0.1, -0.05) is 24.3 Å². The number of nitrogens with one attached hydrogen (secondary N) is 2. The predicted molar refractivity (Wildman–Crippen MR) is 115 cm³/mol. The third-order valence-corrected chi connectivity index (χ3v) is 4.55. The van der Waals surface area contributed by atoms with Crippen LogP contribution in [0.5, 0.6) is 0 Å². The van der Waals surface area contributed by atoms with Crippen molar-refractivity contribution in [2.45, 2.75) is 13.1 Å². The Morgan fingerprint density at radius 3 is 2.54 bits per heavy atom. The van der Waals surface area contributed by atoms with Gasteiger partial charge >= 0.3 is 0 Å². The molecule has 3 rings (SSSR count). The molecule has 1 aliphatic rings. The lowest BCUT2D eigenvalue weighted by Crippen LogP contribution is -2.36. The molecule has 128 valence electrons. The van der Waals surface area contributed by atoms with Crippen LogP contribution < -0.4 is 15.5 Å². The van der Waals surface area contributed by atoms with Crippen molar-refractivity contribution in [2.24, 2.45) is 4.99 Å². The number of guanidine groups is 1. The number of thiophene rings is 1. The van der Waals surface area contributed by atoms with Crippen molar-refractivity contribution in [3.8, 4) is 0 Å². The van der Waals surface area contributed by atoms with Crippen LogP contribution in [-0.2, 0) is 13.1 Å². The van der Waals surface area contributed by atoms with Gasteiger partial charge in [0.05, 0.1) is 0 Å². The fourth-order valence-corrected chi connectivity index (χ4v) is 3.21. The number of benzene rings is 1. The second-order valence-electron chi connectivity index (χ2n) is 5.46. The Hall–Kier alpha value is -1.54. The third-order valence-electron chi connectivity index (χ3n) is 3.82. The Bertz CT molecular complexity index is 674. The average Bonchev–Trinajstić information content (AvgIpc) is 3.29. The van der Waals surface area contributed by atoms with Gasteiger partial charge in [-0.15, -0.1) is 24.0 Å². The van der Waals surface area contributed by atoms with Crippen molar-refractivity contribution >= 4 is 47.0 Å². The maximum atomic E-state index is 4.28. The van der Waals surface area contributed by atoms with E-state index in [2.05, 4.69) is 73.8 Å². The Labute approximate surface area is 164 Å². The Balaban J connectivity index is 0.00000208. The van der Waals surface area contributed by atoms with Crippen molar-refractivity contribution in [3.63, 3.8) is 0 Å². The zero-order valence-corrected chi connectivity index (χ0v) is 16.9. The van der Waals surface area contributed by atoms with Crippen LogP contribution >= 0.6 is 35.3 Å². The molecule has 0 radical (unpaired) electrons. The molecule has 0 amide bonds. The van der Waals surface area contributed by atoms with Gasteiger partial charge in [0.25, 0.3) is 0 Å². The first-order valence-corrected chi connectivity index (χ1v) is 8.74. The highest BCUT2D eigenvalue weighted by Gasteiger charge is 2.08. The monoisotopic (exact) mass is 454 g/mol. The van der Waals surface area contributed by atoms with Gasteiger partial charge < -0.3 is 15.5 Å². The van der Waals surface area contributed by atoms with E-state index in [1.54, 1.807) is 18.4 Å². The minimum atomic E-state index is 0. The van der Waals surface area contributed by atoms with Crippen molar-refractivity contribution in [2.75, 3.05) is 25.0 Å². The Morgan fingerprint density at radius 1 is 1.12 bits per heavy atom. The number of aliphatic imine (C=N–C) groups is 1. The number of nitrogens with zero attached hydrogens (tertiary/aromatic N) is 2. The van der Waals surface area contributed by atoms with E-state index in [1.807, 2.05) is 0 Å². The van der Waals surface area contributed by atoms with Crippen LogP contribution in [0, 0.1) is 0 Å². The summed E-state index contributed by atoms with van der Waals surface area (Å²) in [5, 5.41) is 10.9. The fourth-order valence-electron chi connectivity index (χ4n) is 2.54. The first-order chi connectivity index (χ1) is 11.3. The lowest BCUT2D eigenvalue weighted by Gasteiger charge is -2.19. The molecule has 2 aromatic rings. The highest BCUT2D eigenvalue weighted by molar-refractivity contribution is 14.0. The molecule has 2 N–H and O–H groups in total. The third kappa shape index (κ3) is 5.24. The van der Waals surface area contributed by atoms with Gasteiger partial charge in [0.15, 0.2) is 5.96 Å². The van der Waals surface area contributed by atoms with Crippen LogP contribution in [0.25, 0.3) is 0 Å². The summed E-state index contributed by atoms with van der Waals surface area (Å²) in [7, 11) is 1.80. The first-order valence-electron chi connectivity index (χ1n) is 7.79. The van der Waals surface area contributed by atoms with Crippen LogP contribution in [0.15, 0.2) is 58.2 Å². The van der Waals surface area contributed by atoms with Crippen LogP contribution in [0.3, 0.4) is 0 Å². The normalized spacial score (nSPS) is 13.7. The van der Waals surface area contributed by atoms with E-state index in [9.17, 15) is 0 Å². The summed E-state index contributed by atoms with van der Waals surface area (Å²) < 4.78 is 0. The quantitative estimate of drug-likeness (QED) is 0.314. The molecule has 1 aromatic heterocycles. The second-order valence-corrected chi connectivity index (χ2v) is 6.24. The van der Waals surface area contributed by atoms with E-state index in [0.717, 1.165) is 32.1 Å². The van der Waals surface area contributed by atoms with Crippen LogP contribution in [0.2, 0.25) is 0 Å². The van der Waals surface area contributed by atoms with Crippen LogP contribution in [0.1, 0.15) is 11.1 Å². The van der Waals surface area contributed by atoms with Crippen molar-refractivity contribution in [1.29, 1.82) is 0 Å². The van der Waals surface area contributed by atoms with Gasteiger partial charge in [-0.3, -0.25) is 4.99 Å². The molecule has 4 nitrogen and oxygen atoms in total. The highest BCUT2D eigenvalue weighted by atomic mass is 127. The average molecular weight is 454 g/mol. The number of rotatable bonds is 5. The standard InChI is InChI=1S/C18H22N4S.HI/c1-19-18(21-13-16-7-10-23-14-16)20-12-15-5-4-6-17(11-15)22-8-2-3-9-22;/h2-7,10-11,14H,8-9,12-13H2,1H3,(H2,19,20,21);1H. The summed E-state index contributed by atoms with van der Waals surface area (Å²) in [4.78, 5) is 6.63. The van der Waals surface area contributed by atoms with E-state index >= 15 is 0 Å². The van der Waals surface area contributed by atoms with Crippen LogP contribution in [-0.4, -0.2) is 26.1 Å². The summed E-state index contributed by atoms with van der Waals surface area (Å²) in [6.45, 7) is 3.56. The van der Waals surface area contributed by atoms with Crippen LogP contribution in [0.4, 0.5) is 5.69 Å². The second kappa shape index (κ2) is 9.68. The highest BCUT2D eigenvalue weighted by Crippen LogP contribution is 2.18. The van der Waals surface area contributed by atoms with E-state index in [4.69, 9.17) is 0 Å². The van der Waals surface area contributed by atoms with Gasteiger partial charge in [0.1, 0.15) is 0 Å². The lowest BCUT2D eigenvalue weighted by molar-refractivity contribution is 0.810. The van der Waals surface area contributed by atoms with Gasteiger partial charge in [0, 0.05) is 38.9 Å². The van der Waals surface area contributed by atoms with E-state index < -0.39 is 0 Å². The van der Waals surface area contributed by atoms with Crippen molar-refractivity contribution in [3.05, 3.63) is 64.4 Å². The SMILES string of the molecule is CN=C(NCc1ccsc1)NCc1cccc(N2CC=CC2)c1.I. The smallest absolute Gasteiger partial charge is 0.191 e. The fraction of sp³-hybridized carbons (Fsp3) is 0.278. The molecule has 2 heterocycles. The molecule has 0 saturated heterocycles. The largest absolute Gasteiger partial charge is 0.364 e. The lowest BCUT2D eigenvalue weighted by atomic mass is 10.2. The van der Waals surface area contributed by atoms with E-state index in [1.165, 1.54) is 16.8 Å². The summed E-state index contributed by atoms with van der Waals surface area (Å²) in [6.07, 6.45) is 4.42. The molecule has 24 heavy (non-hydrogen) atoms. The molecule has 0 unspecified atom stereocenters. The molecule has 0 bridgehead atoms. The van der Waals surface area contributed by atoms with E-state index in [0.29, 0.717) is 0 Å². The zero-order chi connectivity index (χ0) is 15.9. The molecule has 1 aromatic carbocycles. The van der Waals surface area contributed by atoms with E-state index in [-0.39, 0.29) is 24.0 Å². The number of hydrogen-bond donors (Lipinski definition) is 2.